The Morgan fingerprint density at radius 1 is 1.11 bits per heavy atom. The van der Waals surface area contributed by atoms with Gasteiger partial charge in [0.05, 0.1) is 12.2 Å². The third-order valence-corrected chi connectivity index (χ3v) is 4.46. The van der Waals surface area contributed by atoms with Crippen LogP contribution < -0.4 is 0 Å². The van der Waals surface area contributed by atoms with Crippen LogP contribution in [0.4, 0.5) is 0 Å². The lowest BCUT2D eigenvalue weighted by atomic mass is 9.82. The van der Waals surface area contributed by atoms with Crippen LogP contribution in [0.5, 0.6) is 0 Å². The first kappa shape index (κ1) is 14.5. The van der Waals surface area contributed by atoms with Gasteiger partial charge in [-0.25, -0.2) is 0 Å². The van der Waals surface area contributed by atoms with E-state index >= 15 is 0 Å². The SMILES string of the molecule is Cc1ccc(C)c(CC(O)C(O)C2CCCCC2)c1. The highest BCUT2D eigenvalue weighted by Crippen LogP contribution is 2.28. The van der Waals surface area contributed by atoms with Crippen molar-refractivity contribution < 1.29 is 10.2 Å². The quantitative estimate of drug-likeness (QED) is 0.875. The summed E-state index contributed by atoms with van der Waals surface area (Å²) in [6.45, 7) is 4.13. The zero-order valence-corrected chi connectivity index (χ0v) is 12.1. The lowest BCUT2D eigenvalue weighted by Gasteiger charge is -2.30. The van der Waals surface area contributed by atoms with Gasteiger partial charge >= 0.3 is 0 Å². The third-order valence-electron chi connectivity index (χ3n) is 4.46. The summed E-state index contributed by atoms with van der Waals surface area (Å²) in [5.74, 6) is 0.286. The van der Waals surface area contributed by atoms with Gasteiger partial charge in [0.25, 0.3) is 0 Å². The molecule has 2 N–H and O–H groups in total. The Kier molecular flexibility index (Phi) is 5.00. The molecular weight excluding hydrogens is 236 g/mol. The molecule has 1 aromatic rings. The standard InChI is InChI=1S/C17H26O2/c1-12-8-9-13(2)15(10-12)11-16(18)17(19)14-6-4-3-5-7-14/h8-10,14,16-19H,3-7,11H2,1-2H3. The highest BCUT2D eigenvalue weighted by atomic mass is 16.3. The van der Waals surface area contributed by atoms with E-state index in [1.165, 1.54) is 30.4 Å². The predicted molar refractivity (Wildman–Crippen MR) is 78.2 cm³/mol. The molecule has 1 saturated carbocycles. The molecule has 1 fully saturated rings. The average molecular weight is 262 g/mol. The van der Waals surface area contributed by atoms with Gasteiger partial charge < -0.3 is 10.2 Å². The average Bonchev–Trinajstić information content (AvgIpc) is 2.43. The van der Waals surface area contributed by atoms with Gasteiger partial charge in [-0.15, -0.1) is 0 Å². The minimum atomic E-state index is -0.636. The van der Waals surface area contributed by atoms with Crippen molar-refractivity contribution in [3.63, 3.8) is 0 Å². The van der Waals surface area contributed by atoms with Crippen LogP contribution in [0.1, 0.15) is 48.8 Å². The molecule has 2 atom stereocenters. The van der Waals surface area contributed by atoms with Crippen molar-refractivity contribution in [1.29, 1.82) is 0 Å². The number of hydrogen-bond acceptors (Lipinski definition) is 2. The molecule has 2 unspecified atom stereocenters. The molecule has 0 amide bonds. The highest BCUT2D eigenvalue weighted by molar-refractivity contribution is 5.31. The van der Waals surface area contributed by atoms with Crippen molar-refractivity contribution in [3.8, 4) is 0 Å². The fourth-order valence-corrected chi connectivity index (χ4v) is 3.16. The fraction of sp³-hybridized carbons (Fsp3) is 0.647. The van der Waals surface area contributed by atoms with E-state index in [0.29, 0.717) is 6.42 Å². The summed E-state index contributed by atoms with van der Waals surface area (Å²) in [4.78, 5) is 0. The van der Waals surface area contributed by atoms with Gasteiger partial charge in [0, 0.05) is 6.42 Å². The van der Waals surface area contributed by atoms with Crippen LogP contribution in [0.25, 0.3) is 0 Å². The van der Waals surface area contributed by atoms with Crippen molar-refractivity contribution in [2.24, 2.45) is 5.92 Å². The summed E-state index contributed by atoms with van der Waals surface area (Å²) in [6.07, 6.45) is 5.14. The Balaban J connectivity index is 1.99. The molecule has 1 aliphatic rings. The molecule has 106 valence electrons. The maximum atomic E-state index is 10.3. The summed E-state index contributed by atoms with van der Waals surface area (Å²) >= 11 is 0. The Hall–Kier alpha value is -0.860. The van der Waals surface area contributed by atoms with Gasteiger partial charge in [-0.3, -0.25) is 0 Å². The normalized spacial score (nSPS) is 20.2. The van der Waals surface area contributed by atoms with Gasteiger partial charge in [0.2, 0.25) is 0 Å². The second-order valence-corrected chi connectivity index (χ2v) is 6.09. The second kappa shape index (κ2) is 6.53. The number of rotatable bonds is 4. The van der Waals surface area contributed by atoms with Crippen LogP contribution in [0.2, 0.25) is 0 Å². The Morgan fingerprint density at radius 3 is 2.47 bits per heavy atom. The number of hydrogen-bond donors (Lipinski definition) is 2. The molecule has 0 radical (unpaired) electrons. The van der Waals surface area contributed by atoms with Crippen molar-refractivity contribution in [2.45, 2.75) is 64.6 Å². The maximum absolute atomic E-state index is 10.3. The van der Waals surface area contributed by atoms with E-state index < -0.39 is 12.2 Å². The maximum Gasteiger partial charge on any atom is 0.0842 e. The summed E-state index contributed by atoms with van der Waals surface area (Å²) in [6, 6.07) is 6.29. The zero-order valence-electron chi connectivity index (χ0n) is 12.1. The van der Waals surface area contributed by atoms with Crippen LogP contribution in [-0.4, -0.2) is 22.4 Å². The van der Waals surface area contributed by atoms with Gasteiger partial charge in [0.1, 0.15) is 0 Å². The molecule has 1 aromatic carbocycles. The van der Waals surface area contributed by atoms with Gasteiger partial charge in [0.15, 0.2) is 0 Å². The first-order chi connectivity index (χ1) is 9.08. The number of aliphatic hydroxyl groups is 2. The van der Waals surface area contributed by atoms with Crippen LogP contribution in [0.15, 0.2) is 18.2 Å². The van der Waals surface area contributed by atoms with Crippen LogP contribution in [0, 0.1) is 19.8 Å². The molecule has 2 nitrogen and oxygen atoms in total. The van der Waals surface area contributed by atoms with E-state index in [1.54, 1.807) is 0 Å². The van der Waals surface area contributed by atoms with Crippen molar-refractivity contribution in [1.82, 2.24) is 0 Å². The molecule has 0 bridgehead atoms. The predicted octanol–water partition coefficient (Wildman–Crippen LogP) is 3.15. The van der Waals surface area contributed by atoms with E-state index in [2.05, 4.69) is 32.0 Å². The van der Waals surface area contributed by atoms with Gasteiger partial charge in [-0.1, -0.05) is 43.0 Å². The number of benzene rings is 1. The van der Waals surface area contributed by atoms with Gasteiger partial charge in [-0.2, -0.15) is 0 Å². The smallest absolute Gasteiger partial charge is 0.0842 e. The Labute approximate surface area is 116 Å². The lowest BCUT2D eigenvalue weighted by Crippen LogP contribution is -2.36. The largest absolute Gasteiger partial charge is 0.390 e. The van der Waals surface area contributed by atoms with Gasteiger partial charge in [-0.05, 0) is 43.7 Å². The monoisotopic (exact) mass is 262 g/mol. The summed E-state index contributed by atoms with van der Waals surface area (Å²) < 4.78 is 0. The van der Waals surface area contributed by atoms with Crippen molar-refractivity contribution in [2.75, 3.05) is 0 Å². The first-order valence-electron chi connectivity index (χ1n) is 7.50. The van der Waals surface area contributed by atoms with E-state index in [4.69, 9.17) is 0 Å². The van der Waals surface area contributed by atoms with Crippen molar-refractivity contribution >= 4 is 0 Å². The highest BCUT2D eigenvalue weighted by Gasteiger charge is 2.27. The van der Waals surface area contributed by atoms with E-state index in [1.807, 2.05) is 0 Å². The molecule has 0 spiro atoms. The Morgan fingerprint density at radius 2 is 1.79 bits per heavy atom. The lowest BCUT2D eigenvalue weighted by molar-refractivity contribution is -0.0264. The summed E-state index contributed by atoms with van der Waals surface area (Å²) in [5, 5.41) is 20.6. The molecule has 0 aliphatic heterocycles. The molecule has 1 aliphatic carbocycles. The van der Waals surface area contributed by atoms with Crippen LogP contribution in [-0.2, 0) is 6.42 Å². The fourth-order valence-electron chi connectivity index (χ4n) is 3.16. The van der Waals surface area contributed by atoms with E-state index in [9.17, 15) is 10.2 Å². The number of aryl methyl sites for hydroxylation is 2. The van der Waals surface area contributed by atoms with Crippen LogP contribution >= 0.6 is 0 Å². The minimum Gasteiger partial charge on any atom is -0.390 e. The summed E-state index contributed by atoms with van der Waals surface area (Å²) in [5.41, 5.74) is 3.56. The molecule has 2 heteroatoms. The minimum absolute atomic E-state index is 0.286. The molecule has 0 heterocycles. The van der Waals surface area contributed by atoms with Crippen LogP contribution in [0.3, 0.4) is 0 Å². The molecule has 19 heavy (non-hydrogen) atoms. The van der Waals surface area contributed by atoms with Crippen molar-refractivity contribution in [3.05, 3.63) is 34.9 Å². The second-order valence-electron chi connectivity index (χ2n) is 6.09. The Bertz CT molecular complexity index is 408. The number of aliphatic hydroxyl groups excluding tert-OH is 2. The molecule has 0 saturated heterocycles. The molecule has 0 aromatic heterocycles. The molecular formula is C17H26O2. The summed E-state index contributed by atoms with van der Waals surface area (Å²) in [7, 11) is 0. The first-order valence-corrected chi connectivity index (χ1v) is 7.50. The molecule has 2 rings (SSSR count). The van der Waals surface area contributed by atoms with E-state index in [-0.39, 0.29) is 5.92 Å². The van der Waals surface area contributed by atoms with E-state index in [0.717, 1.165) is 18.4 Å². The topological polar surface area (TPSA) is 40.5 Å². The zero-order chi connectivity index (χ0) is 13.8. The third kappa shape index (κ3) is 3.80.